The lowest BCUT2D eigenvalue weighted by Crippen LogP contribution is -2.10. The number of fused-ring (bicyclic) bond motifs is 7. The van der Waals surface area contributed by atoms with Crippen LogP contribution in [0.25, 0.3) is 99.5 Å². The largest absolute Gasteiger partial charge is 0.456 e. The smallest absolute Gasteiger partial charge is 0.164 e. The van der Waals surface area contributed by atoms with Gasteiger partial charge in [0.25, 0.3) is 0 Å². The van der Waals surface area contributed by atoms with Crippen LogP contribution >= 0.6 is 0 Å². The van der Waals surface area contributed by atoms with Crippen molar-refractivity contribution >= 4 is 71.3 Å². The Kier molecular flexibility index (Phi) is 8.42. The van der Waals surface area contributed by atoms with Crippen molar-refractivity contribution in [1.29, 1.82) is 0 Å². The first kappa shape index (κ1) is 35.5. The van der Waals surface area contributed by atoms with Crippen LogP contribution in [0.1, 0.15) is 0 Å². The SMILES string of the molecule is c1ccc(-c2nc(-c3ccc4ccccc4c3)nc(-c3cccc4oc5cc(N(c6ccccc6)c6ccc(-c7ccc8ccccc8c7)cc6)c6ccccc6c5c34)n2)cc1. The van der Waals surface area contributed by atoms with Gasteiger partial charge in [0.2, 0.25) is 0 Å². The summed E-state index contributed by atoms with van der Waals surface area (Å²) in [6.07, 6.45) is 0. The van der Waals surface area contributed by atoms with E-state index in [4.69, 9.17) is 19.4 Å². The summed E-state index contributed by atoms with van der Waals surface area (Å²) in [5.74, 6) is 1.81. The highest BCUT2D eigenvalue weighted by molar-refractivity contribution is 6.25. The molecule has 0 radical (unpaired) electrons. The fourth-order valence-corrected chi connectivity index (χ4v) is 8.88. The number of hydrogen-bond donors (Lipinski definition) is 0. The minimum absolute atomic E-state index is 0.584. The van der Waals surface area contributed by atoms with Crippen LogP contribution in [0.4, 0.5) is 17.1 Å². The molecule has 290 valence electrons. The molecule has 0 spiro atoms. The minimum atomic E-state index is 0.584. The van der Waals surface area contributed by atoms with Crippen molar-refractivity contribution < 1.29 is 4.42 Å². The Morgan fingerprint density at radius 2 is 0.871 bits per heavy atom. The lowest BCUT2D eigenvalue weighted by atomic mass is 9.98. The molecular weight excluding hydrogens is 757 g/mol. The second-order valence-electron chi connectivity index (χ2n) is 15.6. The van der Waals surface area contributed by atoms with E-state index in [9.17, 15) is 0 Å². The molecule has 0 aliphatic carbocycles. The Morgan fingerprint density at radius 1 is 0.323 bits per heavy atom. The molecule has 10 aromatic carbocycles. The zero-order chi connectivity index (χ0) is 41.0. The summed E-state index contributed by atoms with van der Waals surface area (Å²) in [5.41, 5.74) is 9.73. The molecular formula is C57H36N4O. The summed E-state index contributed by atoms with van der Waals surface area (Å²) < 4.78 is 6.88. The molecule has 12 aromatic rings. The standard InChI is InChI=1S/C57H36N4O/c1-3-16-40(17-4-1)55-58-56(44-29-27-38-15-8-10-19-42(38)35-44)60-57(59-55)49-24-13-25-51-54(49)53-48-23-12-11-22-47(48)50(36-52(53)62-51)61(45-20-5-2-6-21-45)46-32-30-39(31-33-46)43-28-26-37-14-7-9-18-41(37)34-43/h1-36H. The number of rotatable bonds is 7. The molecule has 0 saturated carbocycles. The van der Waals surface area contributed by atoms with Crippen LogP contribution in [0.3, 0.4) is 0 Å². The highest BCUT2D eigenvalue weighted by Crippen LogP contribution is 2.46. The molecule has 2 aromatic heterocycles. The third kappa shape index (κ3) is 6.14. The van der Waals surface area contributed by atoms with Crippen LogP contribution in [0.2, 0.25) is 0 Å². The summed E-state index contributed by atoms with van der Waals surface area (Å²) in [4.78, 5) is 17.8. The van der Waals surface area contributed by atoms with E-state index in [-0.39, 0.29) is 0 Å². The highest BCUT2D eigenvalue weighted by Gasteiger charge is 2.23. The van der Waals surface area contributed by atoms with Gasteiger partial charge in [-0.1, -0.05) is 170 Å². The second-order valence-corrected chi connectivity index (χ2v) is 15.6. The number of nitrogens with zero attached hydrogens (tertiary/aromatic N) is 4. The topological polar surface area (TPSA) is 55.1 Å². The van der Waals surface area contributed by atoms with Crippen LogP contribution in [0, 0.1) is 0 Å². The second kappa shape index (κ2) is 14.7. The van der Waals surface area contributed by atoms with Crippen molar-refractivity contribution in [2.45, 2.75) is 0 Å². The Hall–Kier alpha value is -8.41. The van der Waals surface area contributed by atoms with E-state index in [0.29, 0.717) is 17.5 Å². The summed E-state index contributed by atoms with van der Waals surface area (Å²) >= 11 is 0. The molecule has 62 heavy (non-hydrogen) atoms. The summed E-state index contributed by atoms with van der Waals surface area (Å²) in [7, 11) is 0. The number of para-hydroxylation sites is 1. The zero-order valence-corrected chi connectivity index (χ0v) is 33.5. The van der Waals surface area contributed by atoms with E-state index in [2.05, 4.69) is 181 Å². The molecule has 0 aliphatic rings. The van der Waals surface area contributed by atoms with Gasteiger partial charge in [-0.05, 0) is 80.5 Å². The van der Waals surface area contributed by atoms with Crippen molar-refractivity contribution in [2.75, 3.05) is 4.90 Å². The number of aromatic nitrogens is 3. The maximum Gasteiger partial charge on any atom is 0.164 e. The van der Waals surface area contributed by atoms with Gasteiger partial charge in [-0.25, -0.2) is 15.0 Å². The van der Waals surface area contributed by atoms with E-state index >= 15 is 0 Å². The third-order valence-electron chi connectivity index (χ3n) is 11.9. The molecule has 2 heterocycles. The maximum atomic E-state index is 6.88. The van der Waals surface area contributed by atoms with Crippen molar-refractivity contribution in [3.8, 4) is 45.3 Å². The first-order valence-electron chi connectivity index (χ1n) is 20.8. The van der Waals surface area contributed by atoms with Gasteiger partial charge in [0.15, 0.2) is 17.5 Å². The molecule has 5 nitrogen and oxygen atoms in total. The molecule has 0 saturated heterocycles. The monoisotopic (exact) mass is 792 g/mol. The number of hydrogen-bond acceptors (Lipinski definition) is 5. The van der Waals surface area contributed by atoms with Gasteiger partial charge in [0.05, 0.1) is 5.69 Å². The summed E-state index contributed by atoms with van der Waals surface area (Å²) in [6.45, 7) is 0. The molecule has 0 N–H and O–H groups in total. The van der Waals surface area contributed by atoms with E-state index in [0.717, 1.165) is 77.4 Å². The van der Waals surface area contributed by atoms with Gasteiger partial charge >= 0.3 is 0 Å². The zero-order valence-electron chi connectivity index (χ0n) is 33.5. The normalized spacial score (nSPS) is 11.5. The number of furan rings is 1. The van der Waals surface area contributed by atoms with Gasteiger partial charge in [0, 0.05) is 50.3 Å². The van der Waals surface area contributed by atoms with Crippen molar-refractivity contribution in [3.05, 3.63) is 218 Å². The van der Waals surface area contributed by atoms with E-state index < -0.39 is 0 Å². The molecule has 0 atom stereocenters. The van der Waals surface area contributed by atoms with Crippen molar-refractivity contribution in [3.63, 3.8) is 0 Å². The van der Waals surface area contributed by atoms with Gasteiger partial charge < -0.3 is 9.32 Å². The Bertz CT molecular complexity index is 3640. The lowest BCUT2D eigenvalue weighted by Gasteiger charge is -2.27. The van der Waals surface area contributed by atoms with Crippen LogP contribution < -0.4 is 4.90 Å². The highest BCUT2D eigenvalue weighted by atomic mass is 16.3. The molecule has 5 heteroatoms. The average molecular weight is 793 g/mol. The predicted octanol–water partition coefficient (Wildman–Crippen LogP) is 15.4. The van der Waals surface area contributed by atoms with Crippen LogP contribution in [0.5, 0.6) is 0 Å². The summed E-state index contributed by atoms with van der Waals surface area (Å²) in [6, 6.07) is 76.4. The van der Waals surface area contributed by atoms with Gasteiger partial charge in [-0.3, -0.25) is 0 Å². The first-order valence-corrected chi connectivity index (χ1v) is 20.8. The molecule has 0 unspecified atom stereocenters. The predicted molar refractivity (Wildman–Crippen MR) is 256 cm³/mol. The van der Waals surface area contributed by atoms with Crippen molar-refractivity contribution in [2.24, 2.45) is 0 Å². The molecule has 0 amide bonds. The van der Waals surface area contributed by atoms with Gasteiger partial charge in [0.1, 0.15) is 11.2 Å². The van der Waals surface area contributed by atoms with Crippen LogP contribution in [0.15, 0.2) is 223 Å². The average Bonchev–Trinajstić information content (AvgIpc) is 3.73. The number of benzene rings is 10. The quantitative estimate of drug-likeness (QED) is 0.161. The molecule has 12 rings (SSSR count). The Balaban J connectivity index is 1.04. The number of anilines is 3. The third-order valence-corrected chi connectivity index (χ3v) is 11.9. The lowest BCUT2D eigenvalue weighted by molar-refractivity contribution is 0.669. The first-order chi connectivity index (χ1) is 30.7. The maximum absolute atomic E-state index is 6.88. The van der Waals surface area contributed by atoms with Crippen LogP contribution in [-0.4, -0.2) is 15.0 Å². The van der Waals surface area contributed by atoms with E-state index in [1.807, 2.05) is 42.5 Å². The fourth-order valence-electron chi connectivity index (χ4n) is 8.88. The van der Waals surface area contributed by atoms with E-state index in [1.54, 1.807) is 0 Å². The summed E-state index contributed by atoms with van der Waals surface area (Å²) in [5, 5.41) is 8.91. The minimum Gasteiger partial charge on any atom is -0.456 e. The van der Waals surface area contributed by atoms with Gasteiger partial charge in [-0.2, -0.15) is 0 Å². The van der Waals surface area contributed by atoms with Crippen molar-refractivity contribution in [1.82, 2.24) is 15.0 Å². The molecule has 0 fully saturated rings. The van der Waals surface area contributed by atoms with Crippen LogP contribution in [-0.2, 0) is 0 Å². The Morgan fingerprint density at radius 3 is 1.60 bits per heavy atom. The molecule has 0 aliphatic heterocycles. The molecule has 0 bridgehead atoms. The van der Waals surface area contributed by atoms with E-state index in [1.165, 1.54) is 21.7 Å². The van der Waals surface area contributed by atoms with Gasteiger partial charge in [-0.15, -0.1) is 0 Å². The Labute approximate surface area is 357 Å². The fraction of sp³-hybridized carbons (Fsp3) is 0.